The van der Waals surface area contributed by atoms with E-state index in [1.54, 1.807) is 12.4 Å². The van der Waals surface area contributed by atoms with Crippen molar-refractivity contribution in [2.24, 2.45) is 5.73 Å². The van der Waals surface area contributed by atoms with Crippen LogP contribution in [0.2, 0.25) is 0 Å². The molecular weight excluding hydrogens is 232 g/mol. The van der Waals surface area contributed by atoms with Crippen LogP contribution in [0, 0.1) is 0 Å². The Balaban J connectivity index is 2.34. The first-order valence-electron chi connectivity index (χ1n) is 6.11. The largest absolute Gasteiger partial charge is 0.388 e. The number of nitrogens with zero attached hydrogens (tertiary/aromatic N) is 3. The summed E-state index contributed by atoms with van der Waals surface area (Å²) in [5.74, 6) is 0.853. The molecule has 1 unspecified atom stereocenters. The third-order valence-electron chi connectivity index (χ3n) is 3.28. The van der Waals surface area contributed by atoms with Crippen LogP contribution in [-0.4, -0.2) is 27.5 Å². The van der Waals surface area contributed by atoms with E-state index in [9.17, 15) is 0 Å². The van der Waals surface area contributed by atoms with Crippen LogP contribution < -0.4 is 10.6 Å². The maximum Gasteiger partial charge on any atom is 0.157 e. The van der Waals surface area contributed by atoms with E-state index in [1.165, 1.54) is 19.3 Å². The zero-order valence-electron chi connectivity index (χ0n) is 10.1. The Bertz CT molecular complexity index is 407. The average Bonchev–Trinajstić information content (AvgIpc) is 2.38. The van der Waals surface area contributed by atoms with E-state index in [4.69, 9.17) is 18.0 Å². The lowest BCUT2D eigenvalue weighted by molar-refractivity contribution is 0.446. The molecule has 1 fully saturated rings. The van der Waals surface area contributed by atoms with Crippen molar-refractivity contribution in [2.45, 2.75) is 38.6 Å². The summed E-state index contributed by atoms with van der Waals surface area (Å²) in [5.41, 5.74) is 6.37. The zero-order valence-corrected chi connectivity index (χ0v) is 10.9. The van der Waals surface area contributed by atoms with Crippen molar-refractivity contribution in [3.8, 4) is 0 Å². The van der Waals surface area contributed by atoms with Gasteiger partial charge in [0.25, 0.3) is 0 Å². The number of aromatic nitrogens is 2. The van der Waals surface area contributed by atoms with Crippen molar-refractivity contribution >= 4 is 23.0 Å². The fourth-order valence-corrected chi connectivity index (χ4v) is 2.56. The fraction of sp³-hybridized carbons (Fsp3) is 0.583. The van der Waals surface area contributed by atoms with Crippen molar-refractivity contribution in [2.75, 3.05) is 11.4 Å². The van der Waals surface area contributed by atoms with E-state index in [-0.39, 0.29) is 0 Å². The zero-order chi connectivity index (χ0) is 12.3. The van der Waals surface area contributed by atoms with Gasteiger partial charge in [-0.25, -0.2) is 9.97 Å². The maximum absolute atomic E-state index is 5.71. The third-order valence-corrected chi connectivity index (χ3v) is 3.48. The summed E-state index contributed by atoms with van der Waals surface area (Å²) in [6.45, 7) is 3.23. The van der Waals surface area contributed by atoms with Gasteiger partial charge in [0.1, 0.15) is 10.7 Å². The predicted octanol–water partition coefficient (Wildman–Crippen LogP) is 1.88. The first-order valence-corrected chi connectivity index (χ1v) is 6.52. The van der Waals surface area contributed by atoms with Crippen LogP contribution in [0.25, 0.3) is 0 Å². The molecule has 92 valence electrons. The molecule has 1 aliphatic heterocycles. The number of rotatable bonds is 3. The topological polar surface area (TPSA) is 55.0 Å². The Hall–Kier alpha value is -1.23. The molecule has 2 heterocycles. The van der Waals surface area contributed by atoms with Gasteiger partial charge in [0.15, 0.2) is 5.82 Å². The first-order chi connectivity index (χ1) is 8.24. The SMILES string of the molecule is CCC1CCCCN1c1nccnc1C(N)=S. The van der Waals surface area contributed by atoms with Crippen LogP contribution in [0.1, 0.15) is 38.3 Å². The number of anilines is 1. The number of hydrogen-bond donors (Lipinski definition) is 1. The molecule has 1 saturated heterocycles. The minimum atomic E-state index is 0.327. The van der Waals surface area contributed by atoms with Gasteiger partial charge in [-0.15, -0.1) is 0 Å². The lowest BCUT2D eigenvalue weighted by atomic mass is 10.00. The summed E-state index contributed by atoms with van der Waals surface area (Å²) in [4.78, 5) is 11.3. The quantitative estimate of drug-likeness (QED) is 0.830. The monoisotopic (exact) mass is 250 g/mol. The Labute approximate surface area is 107 Å². The molecule has 0 aromatic carbocycles. The van der Waals surface area contributed by atoms with E-state index >= 15 is 0 Å². The van der Waals surface area contributed by atoms with Crippen LogP contribution >= 0.6 is 12.2 Å². The molecular formula is C12H18N4S. The maximum atomic E-state index is 5.71. The molecule has 0 saturated carbocycles. The van der Waals surface area contributed by atoms with Gasteiger partial charge in [-0.2, -0.15) is 0 Å². The van der Waals surface area contributed by atoms with E-state index < -0.39 is 0 Å². The van der Waals surface area contributed by atoms with Crippen LogP contribution in [0.5, 0.6) is 0 Å². The number of thiocarbonyl (C=S) groups is 1. The summed E-state index contributed by atoms with van der Waals surface area (Å²) in [7, 11) is 0. The molecule has 5 heteroatoms. The Morgan fingerprint density at radius 2 is 2.24 bits per heavy atom. The van der Waals surface area contributed by atoms with Gasteiger partial charge in [0, 0.05) is 25.0 Å². The fourth-order valence-electron chi connectivity index (χ4n) is 2.42. The van der Waals surface area contributed by atoms with Crippen molar-refractivity contribution in [1.29, 1.82) is 0 Å². The lowest BCUT2D eigenvalue weighted by Crippen LogP contribution is -2.41. The standard InChI is InChI=1S/C12H18N4S/c1-2-9-5-3-4-8-16(9)12-10(11(13)17)14-6-7-15-12/h6-7,9H,2-5,8H2,1H3,(H2,13,17). The Morgan fingerprint density at radius 1 is 1.47 bits per heavy atom. The minimum absolute atomic E-state index is 0.327. The van der Waals surface area contributed by atoms with Crippen molar-refractivity contribution in [3.05, 3.63) is 18.1 Å². The molecule has 4 nitrogen and oxygen atoms in total. The molecule has 0 radical (unpaired) electrons. The molecule has 0 amide bonds. The Kier molecular flexibility index (Phi) is 3.89. The van der Waals surface area contributed by atoms with Gasteiger partial charge in [0.05, 0.1) is 0 Å². The molecule has 2 N–H and O–H groups in total. The molecule has 0 bridgehead atoms. The van der Waals surface area contributed by atoms with Crippen LogP contribution in [0.3, 0.4) is 0 Å². The van der Waals surface area contributed by atoms with Gasteiger partial charge in [-0.3, -0.25) is 0 Å². The van der Waals surface area contributed by atoms with Gasteiger partial charge in [-0.1, -0.05) is 19.1 Å². The van der Waals surface area contributed by atoms with E-state index in [1.807, 2.05) is 0 Å². The van der Waals surface area contributed by atoms with Gasteiger partial charge < -0.3 is 10.6 Å². The van der Waals surface area contributed by atoms with Gasteiger partial charge in [-0.05, 0) is 25.7 Å². The summed E-state index contributed by atoms with van der Waals surface area (Å²) in [5, 5.41) is 0. The third kappa shape index (κ3) is 2.54. The van der Waals surface area contributed by atoms with Crippen LogP contribution in [0.15, 0.2) is 12.4 Å². The molecule has 1 atom stereocenters. The number of nitrogens with two attached hydrogens (primary N) is 1. The summed E-state index contributed by atoms with van der Waals surface area (Å²) >= 11 is 5.04. The second kappa shape index (κ2) is 5.40. The molecule has 0 spiro atoms. The van der Waals surface area contributed by atoms with Crippen molar-refractivity contribution in [3.63, 3.8) is 0 Å². The Morgan fingerprint density at radius 3 is 2.94 bits per heavy atom. The second-order valence-electron chi connectivity index (χ2n) is 4.34. The van der Waals surface area contributed by atoms with E-state index in [0.717, 1.165) is 18.8 Å². The first kappa shape index (κ1) is 12.2. The highest BCUT2D eigenvalue weighted by Gasteiger charge is 2.25. The van der Waals surface area contributed by atoms with Crippen LogP contribution in [0.4, 0.5) is 5.82 Å². The molecule has 2 rings (SSSR count). The number of hydrogen-bond acceptors (Lipinski definition) is 4. The van der Waals surface area contributed by atoms with E-state index in [0.29, 0.717) is 16.7 Å². The van der Waals surface area contributed by atoms with Crippen LogP contribution in [-0.2, 0) is 0 Å². The highest BCUT2D eigenvalue weighted by molar-refractivity contribution is 7.80. The molecule has 17 heavy (non-hydrogen) atoms. The molecule has 1 aromatic rings. The lowest BCUT2D eigenvalue weighted by Gasteiger charge is -2.36. The second-order valence-corrected chi connectivity index (χ2v) is 4.78. The number of piperidine rings is 1. The molecule has 1 aromatic heterocycles. The average molecular weight is 250 g/mol. The van der Waals surface area contributed by atoms with E-state index in [2.05, 4.69) is 21.8 Å². The summed E-state index contributed by atoms with van der Waals surface area (Å²) in [6.07, 6.45) is 8.17. The minimum Gasteiger partial charge on any atom is -0.388 e. The normalized spacial score (nSPS) is 20.3. The van der Waals surface area contributed by atoms with Crippen molar-refractivity contribution in [1.82, 2.24) is 9.97 Å². The predicted molar refractivity (Wildman–Crippen MR) is 73.2 cm³/mol. The van der Waals surface area contributed by atoms with Gasteiger partial charge >= 0.3 is 0 Å². The molecule has 0 aliphatic carbocycles. The highest BCUT2D eigenvalue weighted by Crippen LogP contribution is 2.26. The summed E-state index contributed by atoms with van der Waals surface area (Å²) < 4.78 is 0. The smallest absolute Gasteiger partial charge is 0.157 e. The molecule has 1 aliphatic rings. The van der Waals surface area contributed by atoms with Crippen molar-refractivity contribution < 1.29 is 0 Å². The highest BCUT2D eigenvalue weighted by atomic mass is 32.1. The van der Waals surface area contributed by atoms with Gasteiger partial charge in [0.2, 0.25) is 0 Å². The summed E-state index contributed by atoms with van der Waals surface area (Å²) in [6, 6.07) is 0.536.